The van der Waals surface area contributed by atoms with Crippen LogP contribution in [-0.4, -0.2) is 27.4 Å². The molecule has 0 saturated heterocycles. The molecule has 0 spiro atoms. The summed E-state index contributed by atoms with van der Waals surface area (Å²) >= 11 is 0. The number of aromatic nitrogens is 3. The second-order valence-corrected chi connectivity index (χ2v) is 4.50. The molecule has 0 fully saturated rings. The summed E-state index contributed by atoms with van der Waals surface area (Å²) in [7, 11) is 0. The largest absolute Gasteiger partial charge is 0.370 e. The predicted octanol–water partition coefficient (Wildman–Crippen LogP) is 1.80. The van der Waals surface area contributed by atoms with Crippen molar-refractivity contribution >= 4 is 11.7 Å². The number of aryl methyl sites for hydroxylation is 1. The molecule has 110 valence electrons. The number of pyridine rings is 1. The molecule has 0 aromatic carbocycles. The van der Waals surface area contributed by atoms with Gasteiger partial charge in [-0.05, 0) is 31.5 Å². The summed E-state index contributed by atoms with van der Waals surface area (Å²) in [5, 5.41) is 5.99. The molecule has 2 rings (SSSR count). The Hall–Kier alpha value is -2.50. The van der Waals surface area contributed by atoms with E-state index < -0.39 is 0 Å². The zero-order chi connectivity index (χ0) is 15.1. The van der Waals surface area contributed by atoms with Crippen LogP contribution in [0.1, 0.15) is 35.6 Å². The summed E-state index contributed by atoms with van der Waals surface area (Å²) in [6.07, 6.45) is 3.90. The van der Waals surface area contributed by atoms with E-state index in [1.54, 1.807) is 18.3 Å². The lowest BCUT2D eigenvalue weighted by atomic mass is 10.1. The third-order valence-corrected chi connectivity index (χ3v) is 2.93. The molecular formula is C15H19N5O. The Bertz CT molecular complexity index is 600. The van der Waals surface area contributed by atoms with E-state index in [0.717, 1.165) is 30.2 Å². The van der Waals surface area contributed by atoms with Gasteiger partial charge >= 0.3 is 0 Å². The zero-order valence-corrected chi connectivity index (χ0v) is 12.3. The van der Waals surface area contributed by atoms with Gasteiger partial charge < -0.3 is 10.6 Å². The molecule has 0 aliphatic heterocycles. The average Bonchev–Trinajstić information content (AvgIpc) is 2.53. The van der Waals surface area contributed by atoms with E-state index in [0.29, 0.717) is 12.1 Å². The molecule has 0 bridgehead atoms. The topological polar surface area (TPSA) is 79.8 Å². The standard InChI is InChI=1S/C15H19N5O/c1-3-12-7-11(8-14(20-12)17-4-2)15(21)18-9-13-5-6-16-10-19-13/h5-8,10H,3-4,9H2,1-2H3,(H,17,20)(H,18,21). The number of hydrogen-bond acceptors (Lipinski definition) is 5. The van der Waals surface area contributed by atoms with E-state index in [1.807, 2.05) is 19.9 Å². The van der Waals surface area contributed by atoms with E-state index >= 15 is 0 Å². The van der Waals surface area contributed by atoms with Crippen molar-refractivity contribution in [3.8, 4) is 0 Å². The molecule has 6 heteroatoms. The van der Waals surface area contributed by atoms with Crippen molar-refractivity contribution in [1.82, 2.24) is 20.3 Å². The van der Waals surface area contributed by atoms with Crippen molar-refractivity contribution in [1.29, 1.82) is 0 Å². The highest BCUT2D eigenvalue weighted by atomic mass is 16.1. The maximum absolute atomic E-state index is 12.2. The van der Waals surface area contributed by atoms with Crippen molar-refractivity contribution in [2.45, 2.75) is 26.8 Å². The van der Waals surface area contributed by atoms with E-state index in [-0.39, 0.29) is 5.91 Å². The van der Waals surface area contributed by atoms with Crippen LogP contribution in [0.2, 0.25) is 0 Å². The minimum atomic E-state index is -0.134. The summed E-state index contributed by atoms with van der Waals surface area (Å²) in [5.74, 6) is 0.592. The maximum Gasteiger partial charge on any atom is 0.251 e. The lowest BCUT2D eigenvalue weighted by Crippen LogP contribution is -2.23. The van der Waals surface area contributed by atoms with E-state index in [4.69, 9.17) is 0 Å². The van der Waals surface area contributed by atoms with Crippen LogP contribution < -0.4 is 10.6 Å². The van der Waals surface area contributed by atoms with Gasteiger partial charge in [0.15, 0.2) is 0 Å². The van der Waals surface area contributed by atoms with Crippen LogP contribution in [-0.2, 0) is 13.0 Å². The number of carbonyl (C=O) groups excluding carboxylic acids is 1. The molecule has 21 heavy (non-hydrogen) atoms. The van der Waals surface area contributed by atoms with Gasteiger partial charge in [-0.2, -0.15) is 0 Å². The Morgan fingerprint density at radius 3 is 2.76 bits per heavy atom. The van der Waals surface area contributed by atoms with Crippen molar-refractivity contribution in [2.24, 2.45) is 0 Å². The second-order valence-electron chi connectivity index (χ2n) is 4.50. The fourth-order valence-electron chi connectivity index (χ4n) is 1.87. The molecule has 0 atom stereocenters. The highest BCUT2D eigenvalue weighted by Crippen LogP contribution is 2.11. The molecular weight excluding hydrogens is 266 g/mol. The number of amides is 1. The molecule has 2 heterocycles. The minimum Gasteiger partial charge on any atom is -0.370 e. The highest BCUT2D eigenvalue weighted by molar-refractivity contribution is 5.94. The molecule has 0 aliphatic carbocycles. The molecule has 0 unspecified atom stereocenters. The van der Waals surface area contributed by atoms with Crippen LogP contribution in [0, 0.1) is 0 Å². The van der Waals surface area contributed by atoms with Crippen LogP contribution in [0.15, 0.2) is 30.7 Å². The number of nitrogens with one attached hydrogen (secondary N) is 2. The number of hydrogen-bond donors (Lipinski definition) is 2. The third kappa shape index (κ3) is 4.24. The van der Waals surface area contributed by atoms with Crippen molar-refractivity contribution < 1.29 is 4.79 Å². The first-order valence-electron chi connectivity index (χ1n) is 7.00. The van der Waals surface area contributed by atoms with Gasteiger partial charge in [0.05, 0.1) is 12.2 Å². The van der Waals surface area contributed by atoms with Crippen LogP contribution in [0.3, 0.4) is 0 Å². The van der Waals surface area contributed by atoms with Gasteiger partial charge in [-0.1, -0.05) is 6.92 Å². The van der Waals surface area contributed by atoms with E-state index in [2.05, 4.69) is 25.6 Å². The molecule has 6 nitrogen and oxygen atoms in total. The van der Waals surface area contributed by atoms with Crippen LogP contribution in [0.5, 0.6) is 0 Å². The zero-order valence-electron chi connectivity index (χ0n) is 12.3. The summed E-state index contributed by atoms with van der Waals surface area (Å²) in [6.45, 7) is 5.15. The first kappa shape index (κ1) is 14.9. The van der Waals surface area contributed by atoms with Gasteiger partial charge in [-0.25, -0.2) is 15.0 Å². The Balaban J connectivity index is 2.09. The van der Waals surface area contributed by atoms with Crippen molar-refractivity contribution in [3.05, 3.63) is 47.7 Å². The fourth-order valence-corrected chi connectivity index (χ4v) is 1.87. The summed E-state index contributed by atoms with van der Waals surface area (Å²) in [5.41, 5.74) is 2.27. The van der Waals surface area contributed by atoms with E-state index in [1.165, 1.54) is 6.33 Å². The molecule has 1 amide bonds. The molecule has 2 aromatic heterocycles. The molecule has 2 aromatic rings. The Kier molecular flexibility index (Phi) is 5.20. The monoisotopic (exact) mass is 285 g/mol. The molecule has 0 aliphatic rings. The Morgan fingerprint density at radius 2 is 2.10 bits per heavy atom. The van der Waals surface area contributed by atoms with Gasteiger partial charge in [-0.15, -0.1) is 0 Å². The lowest BCUT2D eigenvalue weighted by Gasteiger charge is -2.09. The third-order valence-electron chi connectivity index (χ3n) is 2.93. The van der Waals surface area contributed by atoms with Gasteiger partial charge in [-0.3, -0.25) is 4.79 Å². The Labute approximate surface area is 124 Å². The summed E-state index contributed by atoms with van der Waals surface area (Å²) < 4.78 is 0. The van der Waals surface area contributed by atoms with Crippen LogP contribution in [0.25, 0.3) is 0 Å². The molecule has 0 saturated carbocycles. The lowest BCUT2D eigenvalue weighted by molar-refractivity contribution is 0.0950. The predicted molar refractivity (Wildman–Crippen MR) is 81.0 cm³/mol. The minimum absolute atomic E-state index is 0.134. The van der Waals surface area contributed by atoms with Gasteiger partial charge in [0, 0.05) is 24.0 Å². The quantitative estimate of drug-likeness (QED) is 0.846. The van der Waals surface area contributed by atoms with Gasteiger partial charge in [0.2, 0.25) is 0 Å². The van der Waals surface area contributed by atoms with Gasteiger partial charge in [0.25, 0.3) is 5.91 Å². The van der Waals surface area contributed by atoms with Crippen LogP contribution >= 0.6 is 0 Å². The first-order valence-corrected chi connectivity index (χ1v) is 7.00. The number of nitrogens with zero attached hydrogens (tertiary/aromatic N) is 3. The van der Waals surface area contributed by atoms with E-state index in [9.17, 15) is 4.79 Å². The molecule has 0 radical (unpaired) electrons. The smallest absolute Gasteiger partial charge is 0.251 e. The SMILES string of the molecule is CCNc1cc(C(=O)NCc2ccncn2)cc(CC)n1. The second kappa shape index (κ2) is 7.33. The maximum atomic E-state index is 12.2. The van der Waals surface area contributed by atoms with Crippen molar-refractivity contribution in [3.63, 3.8) is 0 Å². The molecule has 2 N–H and O–H groups in total. The summed E-state index contributed by atoms with van der Waals surface area (Å²) in [4.78, 5) is 24.6. The van der Waals surface area contributed by atoms with Crippen molar-refractivity contribution in [2.75, 3.05) is 11.9 Å². The van der Waals surface area contributed by atoms with Gasteiger partial charge in [0.1, 0.15) is 12.1 Å². The summed E-state index contributed by atoms with van der Waals surface area (Å²) in [6, 6.07) is 5.35. The normalized spacial score (nSPS) is 10.2. The number of anilines is 1. The number of carbonyl (C=O) groups is 1. The van der Waals surface area contributed by atoms with Crippen LogP contribution in [0.4, 0.5) is 5.82 Å². The number of rotatable bonds is 6. The highest BCUT2D eigenvalue weighted by Gasteiger charge is 2.09. The average molecular weight is 285 g/mol. The Morgan fingerprint density at radius 1 is 1.24 bits per heavy atom. The first-order chi connectivity index (χ1) is 10.2. The fraction of sp³-hybridized carbons (Fsp3) is 0.333.